The van der Waals surface area contributed by atoms with Crippen molar-refractivity contribution in [2.75, 3.05) is 7.11 Å². The highest BCUT2D eigenvalue weighted by Crippen LogP contribution is 2.23. The number of amidine groups is 1. The molecule has 0 saturated carbocycles. The maximum Gasteiger partial charge on any atom is 0.182 e. The number of ether oxygens (including phenoxy) is 1. The summed E-state index contributed by atoms with van der Waals surface area (Å²) in [6, 6.07) is 7.90. The number of nitriles is 1. The van der Waals surface area contributed by atoms with Crippen LogP contribution in [0.15, 0.2) is 29.3 Å². The van der Waals surface area contributed by atoms with E-state index in [-0.39, 0.29) is 6.04 Å². The summed E-state index contributed by atoms with van der Waals surface area (Å²) in [5.74, 6) is 1.47. The van der Waals surface area contributed by atoms with Crippen molar-refractivity contribution in [3.05, 3.63) is 29.8 Å². The molecule has 0 aliphatic carbocycles. The Hall–Kier alpha value is -2.02. The van der Waals surface area contributed by atoms with Crippen LogP contribution in [-0.4, -0.2) is 12.9 Å². The molecular weight excluding hydrogens is 214 g/mol. The number of nitrogens with zero attached hydrogens (tertiary/aromatic N) is 2. The van der Waals surface area contributed by atoms with Gasteiger partial charge in [0.25, 0.3) is 0 Å². The molecule has 1 aromatic carbocycles. The van der Waals surface area contributed by atoms with Gasteiger partial charge in [-0.2, -0.15) is 5.26 Å². The molecule has 0 heterocycles. The Morgan fingerprint density at radius 2 is 2.12 bits per heavy atom. The Bertz CT molecular complexity index is 417. The molecule has 1 rings (SSSR count). The number of hydrogen-bond acceptors (Lipinski definition) is 3. The molecule has 0 aliphatic rings. The summed E-state index contributed by atoms with van der Waals surface area (Å²) in [4.78, 5) is 4.45. The fourth-order valence-corrected chi connectivity index (χ4v) is 1.57. The Morgan fingerprint density at radius 1 is 1.47 bits per heavy atom. The van der Waals surface area contributed by atoms with E-state index in [9.17, 15) is 0 Å². The van der Waals surface area contributed by atoms with Gasteiger partial charge in [-0.05, 0) is 31.0 Å². The Balaban J connectivity index is 2.86. The number of nitrogens with one attached hydrogen (secondary N) is 1. The molecule has 0 bridgehead atoms. The zero-order chi connectivity index (χ0) is 12.7. The lowest BCUT2D eigenvalue weighted by Gasteiger charge is -2.12. The molecule has 0 saturated heterocycles. The third kappa shape index (κ3) is 3.80. The van der Waals surface area contributed by atoms with Crippen molar-refractivity contribution in [3.63, 3.8) is 0 Å². The van der Waals surface area contributed by atoms with Gasteiger partial charge in [-0.25, -0.2) is 0 Å². The summed E-state index contributed by atoms with van der Waals surface area (Å²) in [6.07, 6.45) is 2.75. The quantitative estimate of drug-likeness (QED) is 0.375. The average Bonchev–Trinajstić information content (AvgIpc) is 2.36. The molecule has 90 valence electrons. The molecule has 1 aromatic rings. The molecule has 1 N–H and O–H groups in total. The zero-order valence-electron chi connectivity index (χ0n) is 10.4. The van der Waals surface area contributed by atoms with Gasteiger partial charge in [-0.15, -0.1) is 0 Å². The van der Waals surface area contributed by atoms with Gasteiger partial charge in [0.2, 0.25) is 0 Å². The van der Waals surface area contributed by atoms with Crippen LogP contribution in [-0.2, 0) is 0 Å². The van der Waals surface area contributed by atoms with Crippen LogP contribution in [0.3, 0.4) is 0 Å². The number of methoxy groups -OCH3 is 1. The Labute approximate surface area is 102 Å². The highest BCUT2D eigenvalue weighted by atomic mass is 16.5. The van der Waals surface area contributed by atoms with E-state index in [2.05, 4.69) is 17.2 Å². The molecule has 4 nitrogen and oxygen atoms in total. The molecule has 0 aliphatic heterocycles. The highest BCUT2D eigenvalue weighted by Gasteiger charge is 2.07. The van der Waals surface area contributed by atoms with Crippen LogP contribution in [0.4, 0.5) is 0 Å². The summed E-state index contributed by atoms with van der Waals surface area (Å²) in [7, 11) is 1.64. The summed E-state index contributed by atoms with van der Waals surface area (Å²) in [5.41, 5.74) is 1.12. The topological polar surface area (TPSA) is 57.4 Å². The normalized spacial score (nSPS) is 12.7. The lowest BCUT2D eigenvalue weighted by Crippen LogP contribution is -2.14. The average molecular weight is 231 g/mol. The monoisotopic (exact) mass is 231 g/mol. The van der Waals surface area contributed by atoms with Gasteiger partial charge in [0.1, 0.15) is 11.6 Å². The van der Waals surface area contributed by atoms with Gasteiger partial charge >= 0.3 is 0 Å². The maximum atomic E-state index is 8.50. The number of benzene rings is 1. The minimum atomic E-state index is 0.0711. The van der Waals surface area contributed by atoms with Crippen LogP contribution >= 0.6 is 0 Å². The Kier molecular flexibility index (Phi) is 5.02. The zero-order valence-corrected chi connectivity index (χ0v) is 10.4. The molecule has 1 unspecified atom stereocenters. The third-order valence-electron chi connectivity index (χ3n) is 2.47. The van der Waals surface area contributed by atoms with E-state index in [0.29, 0.717) is 5.84 Å². The predicted octanol–water partition coefficient (Wildman–Crippen LogP) is 2.64. The van der Waals surface area contributed by atoms with Crippen molar-refractivity contribution in [2.45, 2.75) is 26.3 Å². The first-order chi connectivity index (χ1) is 8.21. The van der Waals surface area contributed by atoms with Crippen LogP contribution in [0.1, 0.15) is 31.9 Å². The van der Waals surface area contributed by atoms with Gasteiger partial charge in [0.05, 0.1) is 13.2 Å². The van der Waals surface area contributed by atoms with Gasteiger partial charge < -0.3 is 4.74 Å². The van der Waals surface area contributed by atoms with Crippen LogP contribution in [0.5, 0.6) is 5.75 Å². The predicted molar refractivity (Wildman–Crippen MR) is 67.9 cm³/mol. The second-order valence-corrected chi connectivity index (χ2v) is 3.65. The van der Waals surface area contributed by atoms with E-state index in [0.717, 1.165) is 17.7 Å². The molecule has 17 heavy (non-hydrogen) atoms. The fourth-order valence-electron chi connectivity index (χ4n) is 1.57. The first kappa shape index (κ1) is 13.0. The van der Waals surface area contributed by atoms with Gasteiger partial charge in [0, 0.05) is 0 Å². The third-order valence-corrected chi connectivity index (χ3v) is 2.47. The smallest absolute Gasteiger partial charge is 0.182 e. The molecule has 1 atom stereocenters. The summed E-state index contributed by atoms with van der Waals surface area (Å²) in [5, 5.41) is 11.0. The number of rotatable bonds is 4. The van der Waals surface area contributed by atoms with Crippen LogP contribution < -0.4 is 10.1 Å². The van der Waals surface area contributed by atoms with E-state index in [1.54, 1.807) is 14.0 Å². The molecule has 0 amide bonds. The van der Waals surface area contributed by atoms with Crippen molar-refractivity contribution in [2.24, 2.45) is 4.99 Å². The number of aliphatic imine (C=N–C) groups is 1. The van der Waals surface area contributed by atoms with E-state index >= 15 is 0 Å². The standard InChI is InChI=1S/C13H17N3O/c1-4-13(16-10(2)15-9-14)11-5-7-12(17-3)8-6-11/h5-8,13H,4H2,1-3H3,(H,15,16). The van der Waals surface area contributed by atoms with Crippen molar-refractivity contribution in [3.8, 4) is 11.9 Å². The second kappa shape index (κ2) is 6.54. The Morgan fingerprint density at radius 3 is 2.59 bits per heavy atom. The van der Waals surface area contributed by atoms with E-state index < -0.39 is 0 Å². The minimum absolute atomic E-state index is 0.0711. The molecule has 4 heteroatoms. The SMILES string of the molecule is CCC(N=C(C)NC#N)c1ccc(OC)cc1. The lowest BCUT2D eigenvalue weighted by molar-refractivity contribution is 0.414. The summed E-state index contributed by atoms with van der Waals surface area (Å²) >= 11 is 0. The van der Waals surface area contributed by atoms with E-state index in [4.69, 9.17) is 10.00 Å². The van der Waals surface area contributed by atoms with Gasteiger partial charge in [-0.1, -0.05) is 19.1 Å². The van der Waals surface area contributed by atoms with E-state index in [1.807, 2.05) is 30.5 Å². The van der Waals surface area contributed by atoms with E-state index in [1.165, 1.54) is 0 Å². The molecule has 0 radical (unpaired) electrons. The van der Waals surface area contributed by atoms with Crippen LogP contribution in [0.2, 0.25) is 0 Å². The second-order valence-electron chi connectivity index (χ2n) is 3.65. The van der Waals surface area contributed by atoms with Crippen molar-refractivity contribution in [1.82, 2.24) is 5.32 Å². The largest absolute Gasteiger partial charge is 0.497 e. The molecule has 0 spiro atoms. The van der Waals surface area contributed by atoms with Gasteiger partial charge in [-0.3, -0.25) is 10.3 Å². The first-order valence-electron chi connectivity index (χ1n) is 5.54. The van der Waals surface area contributed by atoms with Crippen molar-refractivity contribution >= 4 is 5.84 Å². The molecule has 0 aromatic heterocycles. The van der Waals surface area contributed by atoms with Crippen LogP contribution in [0, 0.1) is 11.5 Å². The lowest BCUT2D eigenvalue weighted by atomic mass is 10.1. The van der Waals surface area contributed by atoms with Crippen molar-refractivity contribution in [1.29, 1.82) is 5.26 Å². The first-order valence-corrected chi connectivity index (χ1v) is 5.54. The summed E-state index contributed by atoms with van der Waals surface area (Å²) < 4.78 is 5.11. The molecular formula is C13H17N3O. The highest BCUT2D eigenvalue weighted by molar-refractivity contribution is 5.81. The fraction of sp³-hybridized carbons (Fsp3) is 0.385. The number of hydrogen-bond donors (Lipinski definition) is 1. The molecule has 0 fully saturated rings. The van der Waals surface area contributed by atoms with Crippen molar-refractivity contribution < 1.29 is 4.74 Å². The van der Waals surface area contributed by atoms with Crippen LogP contribution in [0.25, 0.3) is 0 Å². The van der Waals surface area contributed by atoms with Gasteiger partial charge in [0.15, 0.2) is 6.19 Å². The summed E-state index contributed by atoms with van der Waals surface area (Å²) in [6.45, 7) is 3.85. The maximum absolute atomic E-state index is 8.50. The minimum Gasteiger partial charge on any atom is -0.497 e.